The van der Waals surface area contributed by atoms with Gasteiger partial charge < -0.3 is 10.6 Å². The minimum Gasteiger partial charge on any atom is -0.359 e. The first-order valence-corrected chi connectivity index (χ1v) is 5.86. The number of carbonyl (C=O) groups is 1. The van der Waals surface area contributed by atoms with E-state index in [0.717, 1.165) is 18.5 Å². The molecule has 0 aromatic heterocycles. The molecule has 1 amide bonds. The van der Waals surface area contributed by atoms with Crippen LogP contribution < -0.4 is 10.6 Å². The Morgan fingerprint density at radius 3 is 2.88 bits per heavy atom. The van der Waals surface area contributed by atoms with Crippen LogP contribution in [0.25, 0.3) is 0 Å². The minimum atomic E-state index is -0.407. The molecule has 5 heteroatoms. The third-order valence-corrected chi connectivity index (χ3v) is 2.64. The van der Waals surface area contributed by atoms with Crippen molar-refractivity contribution < 1.29 is 9.18 Å². The van der Waals surface area contributed by atoms with Crippen LogP contribution in [0.15, 0.2) is 18.2 Å². The molecule has 1 aromatic rings. The van der Waals surface area contributed by atoms with E-state index in [-0.39, 0.29) is 10.9 Å². The summed E-state index contributed by atoms with van der Waals surface area (Å²) >= 11 is 5.66. The Hall–Kier alpha value is -1.13. The molecule has 2 N–H and O–H groups in total. The van der Waals surface area contributed by atoms with Crippen molar-refractivity contribution >= 4 is 17.5 Å². The molecule has 0 spiro atoms. The summed E-state index contributed by atoms with van der Waals surface area (Å²) in [6, 6.07) is 4.64. The first-order chi connectivity index (χ1) is 8.13. The van der Waals surface area contributed by atoms with Gasteiger partial charge in [-0.05, 0) is 30.7 Å². The minimum absolute atomic E-state index is 0.0385. The molecule has 0 aliphatic rings. The van der Waals surface area contributed by atoms with E-state index in [9.17, 15) is 9.18 Å². The lowest BCUT2D eigenvalue weighted by molar-refractivity contribution is -0.120. The Morgan fingerprint density at radius 2 is 2.24 bits per heavy atom. The molecule has 0 radical (unpaired) electrons. The molecular weight excluding hydrogens is 243 g/mol. The highest BCUT2D eigenvalue weighted by Gasteiger charge is 2.01. The van der Waals surface area contributed by atoms with E-state index in [1.54, 1.807) is 19.2 Å². The number of rotatable bonds is 6. The Labute approximate surface area is 105 Å². The highest BCUT2D eigenvalue weighted by Crippen LogP contribution is 2.15. The fourth-order valence-corrected chi connectivity index (χ4v) is 1.58. The van der Waals surface area contributed by atoms with Crippen LogP contribution in [0.3, 0.4) is 0 Å². The second-order valence-corrected chi connectivity index (χ2v) is 4.11. The molecule has 0 unspecified atom stereocenters. The van der Waals surface area contributed by atoms with Crippen LogP contribution in [0.5, 0.6) is 0 Å². The average Bonchev–Trinajstić information content (AvgIpc) is 2.33. The van der Waals surface area contributed by atoms with Crippen molar-refractivity contribution in [2.45, 2.75) is 19.4 Å². The van der Waals surface area contributed by atoms with E-state index < -0.39 is 5.82 Å². The highest BCUT2D eigenvalue weighted by molar-refractivity contribution is 6.30. The van der Waals surface area contributed by atoms with Gasteiger partial charge in [-0.3, -0.25) is 4.79 Å². The average molecular weight is 259 g/mol. The van der Waals surface area contributed by atoms with Gasteiger partial charge in [0.15, 0.2) is 0 Å². The third-order valence-electron chi connectivity index (χ3n) is 2.35. The van der Waals surface area contributed by atoms with Crippen molar-refractivity contribution in [2.24, 2.45) is 0 Å². The summed E-state index contributed by atoms with van der Waals surface area (Å²) in [5.41, 5.74) is 0.927. The van der Waals surface area contributed by atoms with Gasteiger partial charge in [0.05, 0.1) is 5.02 Å². The molecule has 0 heterocycles. The third kappa shape index (κ3) is 5.15. The summed E-state index contributed by atoms with van der Waals surface area (Å²) in [6.45, 7) is 1.36. The fourth-order valence-electron chi connectivity index (χ4n) is 1.38. The second-order valence-electron chi connectivity index (χ2n) is 3.70. The van der Waals surface area contributed by atoms with Crippen LogP contribution in [0.1, 0.15) is 18.4 Å². The molecule has 17 heavy (non-hydrogen) atoms. The molecule has 0 atom stereocenters. The van der Waals surface area contributed by atoms with Gasteiger partial charge in [0.25, 0.3) is 0 Å². The molecule has 0 fully saturated rings. The van der Waals surface area contributed by atoms with Crippen molar-refractivity contribution in [2.75, 3.05) is 13.6 Å². The summed E-state index contributed by atoms with van der Waals surface area (Å²) in [6.07, 6.45) is 1.28. The van der Waals surface area contributed by atoms with Gasteiger partial charge in [-0.15, -0.1) is 0 Å². The van der Waals surface area contributed by atoms with Crippen LogP contribution in [0.4, 0.5) is 4.39 Å². The van der Waals surface area contributed by atoms with E-state index in [4.69, 9.17) is 11.6 Å². The number of hydrogen-bond acceptors (Lipinski definition) is 2. The molecule has 3 nitrogen and oxygen atoms in total. The Kier molecular flexibility index (Phi) is 5.94. The Balaban J connectivity index is 2.22. The maximum atomic E-state index is 12.9. The largest absolute Gasteiger partial charge is 0.359 e. The Bertz CT molecular complexity index is 385. The number of hydrogen-bond donors (Lipinski definition) is 2. The number of halogens is 2. The first-order valence-electron chi connectivity index (χ1n) is 5.48. The lowest BCUT2D eigenvalue weighted by Gasteiger charge is -2.05. The van der Waals surface area contributed by atoms with Crippen LogP contribution >= 0.6 is 11.6 Å². The van der Waals surface area contributed by atoms with Gasteiger partial charge >= 0.3 is 0 Å². The van der Waals surface area contributed by atoms with Gasteiger partial charge in [-0.1, -0.05) is 17.7 Å². The van der Waals surface area contributed by atoms with Crippen molar-refractivity contribution in [1.29, 1.82) is 0 Å². The summed E-state index contributed by atoms with van der Waals surface area (Å²) in [5, 5.41) is 5.86. The fraction of sp³-hybridized carbons (Fsp3) is 0.417. The summed E-state index contributed by atoms with van der Waals surface area (Å²) in [7, 11) is 1.62. The molecule has 0 bridgehead atoms. The van der Waals surface area contributed by atoms with Crippen LogP contribution in [0.2, 0.25) is 5.02 Å². The summed E-state index contributed by atoms with van der Waals surface area (Å²) < 4.78 is 12.9. The molecular formula is C12H16ClFN2O. The predicted molar refractivity (Wildman–Crippen MR) is 66.4 cm³/mol. The van der Waals surface area contributed by atoms with Crippen molar-refractivity contribution in [3.63, 3.8) is 0 Å². The van der Waals surface area contributed by atoms with Gasteiger partial charge in [0, 0.05) is 20.0 Å². The SMILES string of the molecule is CNC(=O)CCCNCc1ccc(F)c(Cl)c1. The van der Waals surface area contributed by atoms with Crippen LogP contribution in [-0.4, -0.2) is 19.5 Å². The smallest absolute Gasteiger partial charge is 0.219 e. The van der Waals surface area contributed by atoms with Crippen molar-refractivity contribution in [3.8, 4) is 0 Å². The topological polar surface area (TPSA) is 41.1 Å². The number of carbonyl (C=O) groups excluding carboxylic acids is 1. The quantitative estimate of drug-likeness (QED) is 0.768. The standard InChI is InChI=1S/C12H16ClFN2O/c1-15-12(17)3-2-6-16-8-9-4-5-11(14)10(13)7-9/h4-5,7,16H,2-3,6,8H2,1H3,(H,15,17). The highest BCUT2D eigenvalue weighted by atomic mass is 35.5. The molecule has 94 valence electrons. The molecule has 0 aliphatic heterocycles. The maximum Gasteiger partial charge on any atom is 0.219 e. The molecule has 0 saturated carbocycles. The number of amides is 1. The van der Waals surface area contributed by atoms with Crippen LogP contribution in [0, 0.1) is 5.82 Å². The van der Waals surface area contributed by atoms with E-state index in [0.29, 0.717) is 13.0 Å². The number of nitrogens with one attached hydrogen (secondary N) is 2. The summed E-state index contributed by atoms with van der Waals surface area (Å²) in [5.74, 6) is -0.369. The van der Waals surface area contributed by atoms with E-state index in [1.165, 1.54) is 6.07 Å². The summed E-state index contributed by atoms with van der Waals surface area (Å²) in [4.78, 5) is 10.9. The van der Waals surface area contributed by atoms with Gasteiger partial charge in [0.2, 0.25) is 5.91 Å². The van der Waals surface area contributed by atoms with E-state index in [1.807, 2.05) is 0 Å². The molecule has 0 aliphatic carbocycles. The Morgan fingerprint density at radius 1 is 1.47 bits per heavy atom. The lowest BCUT2D eigenvalue weighted by atomic mass is 10.2. The van der Waals surface area contributed by atoms with E-state index >= 15 is 0 Å². The zero-order valence-electron chi connectivity index (χ0n) is 9.72. The van der Waals surface area contributed by atoms with E-state index in [2.05, 4.69) is 10.6 Å². The van der Waals surface area contributed by atoms with Gasteiger partial charge in [-0.25, -0.2) is 4.39 Å². The lowest BCUT2D eigenvalue weighted by Crippen LogP contribution is -2.20. The zero-order chi connectivity index (χ0) is 12.7. The number of benzene rings is 1. The van der Waals surface area contributed by atoms with Gasteiger partial charge in [-0.2, -0.15) is 0 Å². The molecule has 0 saturated heterocycles. The predicted octanol–water partition coefficient (Wildman–Crippen LogP) is 2.09. The normalized spacial score (nSPS) is 10.3. The van der Waals surface area contributed by atoms with Crippen LogP contribution in [-0.2, 0) is 11.3 Å². The van der Waals surface area contributed by atoms with Crippen molar-refractivity contribution in [1.82, 2.24) is 10.6 Å². The first kappa shape index (κ1) is 13.9. The second kappa shape index (κ2) is 7.25. The monoisotopic (exact) mass is 258 g/mol. The van der Waals surface area contributed by atoms with Crippen molar-refractivity contribution in [3.05, 3.63) is 34.6 Å². The maximum absolute atomic E-state index is 12.9. The van der Waals surface area contributed by atoms with Gasteiger partial charge in [0.1, 0.15) is 5.82 Å². The zero-order valence-corrected chi connectivity index (χ0v) is 10.5. The molecule has 1 rings (SSSR count). The molecule has 1 aromatic carbocycles.